The molecule has 1 aliphatic heterocycles. The van der Waals surface area contributed by atoms with Crippen LogP contribution in [0.3, 0.4) is 0 Å². The summed E-state index contributed by atoms with van der Waals surface area (Å²) in [6.45, 7) is 9.01. The van der Waals surface area contributed by atoms with E-state index in [1.54, 1.807) is 12.3 Å². The van der Waals surface area contributed by atoms with Crippen LogP contribution in [0.1, 0.15) is 44.0 Å². The molecule has 0 amide bonds. The average molecular weight is 316 g/mol. The Bertz CT molecular complexity index is 660. The number of hydrogen-bond donors (Lipinski definition) is 1. The molecule has 1 unspecified atom stereocenters. The van der Waals surface area contributed by atoms with Crippen molar-refractivity contribution in [1.29, 1.82) is 0 Å². The molecule has 23 heavy (non-hydrogen) atoms. The number of rotatable bonds is 3. The molecular weight excluding hydrogens is 292 g/mol. The first-order valence-electron chi connectivity index (χ1n) is 8.00. The van der Waals surface area contributed by atoms with Crippen LogP contribution in [0.5, 0.6) is 5.75 Å². The Morgan fingerprint density at radius 2 is 2.09 bits per heavy atom. The maximum Gasteiger partial charge on any atom is 0.214 e. The summed E-state index contributed by atoms with van der Waals surface area (Å²) in [5, 5.41) is 10.0. The van der Waals surface area contributed by atoms with Gasteiger partial charge in [0.15, 0.2) is 0 Å². The Labute approximate surface area is 136 Å². The van der Waals surface area contributed by atoms with Gasteiger partial charge in [-0.25, -0.2) is 4.98 Å². The highest BCUT2D eigenvalue weighted by Crippen LogP contribution is 2.30. The first kappa shape index (κ1) is 16.0. The fourth-order valence-corrected chi connectivity index (χ4v) is 2.70. The van der Waals surface area contributed by atoms with E-state index in [1.165, 1.54) is 0 Å². The first-order chi connectivity index (χ1) is 10.9. The number of para-hydroxylation sites is 1. The zero-order valence-electron chi connectivity index (χ0n) is 14.0. The van der Waals surface area contributed by atoms with Crippen LogP contribution in [-0.2, 0) is 16.7 Å². The number of phenols is 1. The van der Waals surface area contributed by atoms with Crippen LogP contribution in [0.4, 0.5) is 0 Å². The SMILES string of the molecule is CC(C)(C)c1coc(C2COCCN2Cc2ccccc2O)n1. The molecule has 3 rings (SSSR count). The van der Waals surface area contributed by atoms with Crippen molar-refractivity contribution in [2.45, 2.75) is 38.8 Å². The fourth-order valence-electron chi connectivity index (χ4n) is 2.70. The van der Waals surface area contributed by atoms with Crippen LogP contribution in [-0.4, -0.2) is 34.7 Å². The molecule has 0 bridgehead atoms. The van der Waals surface area contributed by atoms with Crippen molar-refractivity contribution in [3.05, 3.63) is 47.7 Å². The zero-order valence-corrected chi connectivity index (χ0v) is 14.0. The number of oxazole rings is 1. The number of hydrogen-bond acceptors (Lipinski definition) is 5. The van der Waals surface area contributed by atoms with Crippen LogP contribution in [0.25, 0.3) is 0 Å². The summed E-state index contributed by atoms with van der Waals surface area (Å²) in [6, 6.07) is 7.40. The summed E-state index contributed by atoms with van der Waals surface area (Å²) < 4.78 is 11.4. The third-order valence-electron chi connectivity index (χ3n) is 4.18. The van der Waals surface area contributed by atoms with Crippen molar-refractivity contribution in [3.63, 3.8) is 0 Å². The van der Waals surface area contributed by atoms with Gasteiger partial charge in [0, 0.05) is 24.1 Å². The summed E-state index contributed by atoms with van der Waals surface area (Å²) in [4.78, 5) is 6.92. The maximum atomic E-state index is 10.0. The van der Waals surface area contributed by atoms with Crippen molar-refractivity contribution in [1.82, 2.24) is 9.88 Å². The van der Waals surface area contributed by atoms with Gasteiger partial charge in [-0.15, -0.1) is 0 Å². The largest absolute Gasteiger partial charge is 0.508 e. The Morgan fingerprint density at radius 3 is 2.78 bits per heavy atom. The van der Waals surface area contributed by atoms with Gasteiger partial charge in [-0.05, 0) is 6.07 Å². The van der Waals surface area contributed by atoms with Crippen LogP contribution in [0.2, 0.25) is 0 Å². The number of nitrogens with zero attached hydrogens (tertiary/aromatic N) is 2. The number of ether oxygens (including phenoxy) is 1. The molecule has 0 aliphatic carbocycles. The van der Waals surface area contributed by atoms with Gasteiger partial charge in [0.2, 0.25) is 5.89 Å². The topological polar surface area (TPSA) is 58.7 Å². The normalized spacial score (nSPS) is 19.9. The number of benzene rings is 1. The van der Waals surface area contributed by atoms with Crippen LogP contribution in [0, 0.1) is 0 Å². The number of phenolic OH excluding ortho intramolecular Hbond substituents is 1. The number of morpholine rings is 1. The Balaban J connectivity index is 1.82. The van der Waals surface area contributed by atoms with Crippen molar-refractivity contribution < 1.29 is 14.3 Å². The summed E-state index contributed by atoms with van der Waals surface area (Å²) in [5.41, 5.74) is 1.81. The molecule has 2 heterocycles. The highest BCUT2D eigenvalue weighted by molar-refractivity contribution is 5.31. The lowest BCUT2D eigenvalue weighted by Crippen LogP contribution is -2.39. The van der Waals surface area contributed by atoms with Crippen LogP contribution in [0.15, 0.2) is 34.9 Å². The standard InChI is InChI=1S/C18H24N2O3/c1-18(2,3)16-12-23-17(19-16)14-11-22-9-8-20(14)10-13-6-4-5-7-15(13)21/h4-7,12,14,21H,8-11H2,1-3H3. The van der Waals surface area contributed by atoms with Gasteiger partial charge in [0.05, 0.1) is 18.9 Å². The average Bonchev–Trinajstić information content (AvgIpc) is 3.00. The lowest BCUT2D eigenvalue weighted by Gasteiger charge is -2.33. The molecule has 0 radical (unpaired) electrons. The van der Waals surface area contributed by atoms with Gasteiger partial charge in [-0.1, -0.05) is 39.0 Å². The maximum absolute atomic E-state index is 10.0. The second-order valence-electron chi connectivity index (χ2n) is 7.01. The molecule has 1 N–H and O–H groups in total. The van der Waals surface area contributed by atoms with Gasteiger partial charge in [-0.3, -0.25) is 4.90 Å². The minimum absolute atomic E-state index is 0.0283. The van der Waals surface area contributed by atoms with Crippen LogP contribution < -0.4 is 0 Å². The molecule has 1 saturated heterocycles. The lowest BCUT2D eigenvalue weighted by atomic mass is 9.93. The first-order valence-corrected chi connectivity index (χ1v) is 8.00. The van der Waals surface area contributed by atoms with E-state index in [0.717, 1.165) is 17.8 Å². The zero-order chi connectivity index (χ0) is 16.4. The Morgan fingerprint density at radius 1 is 1.30 bits per heavy atom. The van der Waals surface area contributed by atoms with Gasteiger partial charge in [0.25, 0.3) is 0 Å². The molecule has 0 spiro atoms. The monoisotopic (exact) mass is 316 g/mol. The van der Waals surface area contributed by atoms with Gasteiger partial charge < -0.3 is 14.3 Å². The number of aromatic nitrogens is 1. The summed E-state index contributed by atoms with van der Waals surface area (Å²) in [5.74, 6) is 1.01. The van der Waals surface area contributed by atoms with Crippen molar-refractivity contribution >= 4 is 0 Å². The lowest BCUT2D eigenvalue weighted by molar-refractivity contribution is -0.0225. The molecule has 5 nitrogen and oxygen atoms in total. The molecule has 124 valence electrons. The third-order valence-corrected chi connectivity index (χ3v) is 4.18. The second kappa shape index (κ2) is 6.34. The molecule has 5 heteroatoms. The Kier molecular flexibility index (Phi) is 4.41. The molecule has 0 saturated carbocycles. The third kappa shape index (κ3) is 3.57. The fraction of sp³-hybridized carbons (Fsp3) is 0.500. The predicted molar refractivity (Wildman–Crippen MR) is 87.3 cm³/mol. The minimum Gasteiger partial charge on any atom is -0.508 e. The molecule has 2 aromatic rings. The molecule has 1 fully saturated rings. The second-order valence-corrected chi connectivity index (χ2v) is 7.01. The highest BCUT2D eigenvalue weighted by Gasteiger charge is 2.30. The van der Waals surface area contributed by atoms with Gasteiger partial charge >= 0.3 is 0 Å². The molecular formula is C18H24N2O3. The van der Waals surface area contributed by atoms with E-state index in [0.29, 0.717) is 31.4 Å². The van der Waals surface area contributed by atoms with Crippen molar-refractivity contribution in [2.24, 2.45) is 0 Å². The Hall–Kier alpha value is -1.85. The van der Waals surface area contributed by atoms with Crippen molar-refractivity contribution in [3.8, 4) is 5.75 Å². The van der Waals surface area contributed by atoms with E-state index in [-0.39, 0.29) is 11.5 Å². The van der Waals surface area contributed by atoms with E-state index >= 15 is 0 Å². The molecule has 1 aromatic heterocycles. The van der Waals surface area contributed by atoms with E-state index < -0.39 is 0 Å². The smallest absolute Gasteiger partial charge is 0.214 e. The molecule has 1 aromatic carbocycles. The van der Waals surface area contributed by atoms with E-state index in [9.17, 15) is 5.11 Å². The summed E-state index contributed by atoms with van der Waals surface area (Å²) >= 11 is 0. The van der Waals surface area contributed by atoms with E-state index in [2.05, 4.69) is 30.7 Å². The minimum atomic E-state index is -0.0419. The quantitative estimate of drug-likeness (QED) is 0.942. The van der Waals surface area contributed by atoms with Crippen molar-refractivity contribution in [2.75, 3.05) is 19.8 Å². The molecule has 1 atom stereocenters. The van der Waals surface area contributed by atoms with Gasteiger partial charge in [-0.2, -0.15) is 0 Å². The summed E-state index contributed by atoms with van der Waals surface area (Å²) in [7, 11) is 0. The predicted octanol–water partition coefficient (Wildman–Crippen LogP) is 3.25. The van der Waals surface area contributed by atoms with Gasteiger partial charge in [0.1, 0.15) is 18.1 Å². The van der Waals surface area contributed by atoms with E-state index in [4.69, 9.17) is 9.15 Å². The van der Waals surface area contributed by atoms with Crippen LogP contribution >= 0.6 is 0 Å². The van der Waals surface area contributed by atoms with E-state index in [1.807, 2.05) is 18.2 Å². The highest BCUT2D eigenvalue weighted by atomic mass is 16.5. The summed E-state index contributed by atoms with van der Waals surface area (Å²) in [6.07, 6.45) is 1.74. The number of aromatic hydroxyl groups is 1. The molecule has 1 aliphatic rings.